The smallest absolute Gasteiger partial charge is 0.249 e. The lowest BCUT2D eigenvalue weighted by Gasteiger charge is -2.60. The Balaban J connectivity index is 1.47. The van der Waals surface area contributed by atoms with Crippen LogP contribution in [-0.2, 0) is 20.9 Å². The monoisotopic (exact) mass is 526 g/mol. The fourth-order valence-corrected chi connectivity index (χ4v) is 8.76. The zero-order valence-electron chi connectivity index (χ0n) is 23.0. The second-order valence-corrected chi connectivity index (χ2v) is 12.7. The number of methoxy groups -OCH3 is 1. The van der Waals surface area contributed by atoms with E-state index < -0.39 is 28.6 Å². The molecule has 8 heteroatoms. The van der Waals surface area contributed by atoms with Crippen molar-refractivity contribution in [1.29, 1.82) is 0 Å². The highest BCUT2D eigenvalue weighted by molar-refractivity contribution is 5.95. The number of carbonyl (C=O) groups excluding carboxylic acids is 2. The Kier molecular flexibility index (Phi) is 7.08. The van der Waals surface area contributed by atoms with E-state index >= 15 is 0 Å². The van der Waals surface area contributed by atoms with Gasteiger partial charge in [0.2, 0.25) is 5.91 Å². The Hall–Kier alpha value is -2.13. The molecule has 38 heavy (non-hydrogen) atoms. The van der Waals surface area contributed by atoms with Crippen LogP contribution in [0.3, 0.4) is 0 Å². The quantitative estimate of drug-likeness (QED) is 0.521. The van der Waals surface area contributed by atoms with Gasteiger partial charge in [0.25, 0.3) is 0 Å². The Labute approximate surface area is 225 Å². The summed E-state index contributed by atoms with van der Waals surface area (Å²) in [6.45, 7) is 6.64. The van der Waals surface area contributed by atoms with Gasteiger partial charge in [-0.3, -0.25) is 14.6 Å². The molecule has 0 aromatic carbocycles. The third-order valence-electron chi connectivity index (χ3n) is 10.9. The summed E-state index contributed by atoms with van der Waals surface area (Å²) in [5.41, 5.74) is -0.449. The van der Waals surface area contributed by atoms with E-state index in [1.54, 1.807) is 18.5 Å². The van der Waals surface area contributed by atoms with Crippen molar-refractivity contribution < 1.29 is 29.6 Å². The Bertz CT molecular complexity index is 1110. The van der Waals surface area contributed by atoms with E-state index in [0.717, 1.165) is 30.4 Å². The van der Waals surface area contributed by atoms with Gasteiger partial charge in [-0.1, -0.05) is 19.9 Å². The lowest BCUT2D eigenvalue weighted by Crippen LogP contribution is -2.61. The minimum absolute atomic E-state index is 0.0197. The summed E-state index contributed by atoms with van der Waals surface area (Å²) in [5.74, 6) is -0.506. The Morgan fingerprint density at radius 2 is 1.97 bits per heavy atom. The van der Waals surface area contributed by atoms with Gasteiger partial charge in [0.15, 0.2) is 5.78 Å². The molecule has 1 aromatic rings. The van der Waals surface area contributed by atoms with Crippen LogP contribution in [0.15, 0.2) is 36.2 Å². The normalized spacial score (nSPS) is 41.0. The van der Waals surface area contributed by atoms with Crippen molar-refractivity contribution in [2.45, 2.75) is 89.7 Å². The molecule has 3 N–H and O–H groups in total. The van der Waals surface area contributed by atoms with Gasteiger partial charge in [-0.25, -0.2) is 0 Å². The summed E-state index contributed by atoms with van der Waals surface area (Å²) in [6.07, 6.45) is 6.82. The van der Waals surface area contributed by atoms with Crippen molar-refractivity contribution in [3.8, 4) is 0 Å². The number of aliphatic hydroxyl groups is 3. The number of rotatable bonds is 6. The summed E-state index contributed by atoms with van der Waals surface area (Å²) in [6, 6.07) is 3.65. The molecule has 0 spiro atoms. The molecule has 0 saturated heterocycles. The number of ether oxygens (including phenoxy) is 1. The number of nitrogens with zero attached hydrogens (tertiary/aromatic N) is 2. The second kappa shape index (κ2) is 9.81. The number of amides is 1. The first-order chi connectivity index (χ1) is 18.0. The summed E-state index contributed by atoms with van der Waals surface area (Å²) < 4.78 is 5.21. The van der Waals surface area contributed by atoms with Crippen LogP contribution in [-0.4, -0.2) is 74.5 Å². The molecular weight excluding hydrogens is 484 g/mol. The summed E-state index contributed by atoms with van der Waals surface area (Å²) in [4.78, 5) is 32.7. The topological polar surface area (TPSA) is 120 Å². The van der Waals surface area contributed by atoms with Crippen molar-refractivity contribution in [2.24, 2.45) is 28.6 Å². The van der Waals surface area contributed by atoms with Crippen LogP contribution in [0.4, 0.5) is 0 Å². The molecular formula is C30H42N2O6. The van der Waals surface area contributed by atoms with Crippen LogP contribution in [0, 0.1) is 28.6 Å². The molecule has 1 aromatic heterocycles. The Morgan fingerprint density at radius 3 is 2.66 bits per heavy atom. The predicted molar refractivity (Wildman–Crippen MR) is 141 cm³/mol. The standard InChI is InChI=1S/C30H42N2O6/c1-18(32(27(36)17-38-4)16-19-6-5-11-31-15-19)20-8-10-30(37)22-12-24(33)23-13-25(34)26(35)14-28(23,2)21(22)7-9-29(20,30)3/h5-6,11-12,15,18,20-21,23,25-26,34-35,37H,7-10,13-14,16-17H2,1-4H3. The molecule has 9 unspecified atom stereocenters. The van der Waals surface area contributed by atoms with Gasteiger partial charge in [0, 0.05) is 43.4 Å². The lowest BCUT2D eigenvalue weighted by molar-refractivity contribution is -0.155. The molecule has 0 aliphatic heterocycles. The van der Waals surface area contributed by atoms with Crippen molar-refractivity contribution >= 4 is 11.7 Å². The van der Waals surface area contributed by atoms with Gasteiger partial charge in [0.05, 0.1) is 17.8 Å². The second-order valence-electron chi connectivity index (χ2n) is 12.7. The third-order valence-corrected chi connectivity index (χ3v) is 10.9. The Morgan fingerprint density at radius 1 is 1.21 bits per heavy atom. The number of pyridine rings is 1. The minimum atomic E-state index is -1.16. The fraction of sp³-hybridized carbons (Fsp3) is 0.700. The van der Waals surface area contributed by atoms with Gasteiger partial charge in [0.1, 0.15) is 6.61 Å². The van der Waals surface area contributed by atoms with Crippen LogP contribution < -0.4 is 0 Å². The summed E-state index contributed by atoms with van der Waals surface area (Å²) >= 11 is 0. The van der Waals surface area contributed by atoms with Gasteiger partial charge >= 0.3 is 0 Å². The maximum atomic E-state index is 13.4. The maximum Gasteiger partial charge on any atom is 0.249 e. The molecule has 0 bridgehead atoms. The van der Waals surface area contributed by atoms with Gasteiger partial charge in [-0.05, 0) is 86.0 Å². The molecule has 3 saturated carbocycles. The number of ketones is 1. The highest BCUT2D eigenvalue weighted by Gasteiger charge is 2.67. The van der Waals surface area contributed by atoms with E-state index in [9.17, 15) is 24.9 Å². The summed E-state index contributed by atoms with van der Waals surface area (Å²) in [5, 5.41) is 33.3. The molecule has 5 rings (SSSR count). The van der Waals surface area contributed by atoms with E-state index in [2.05, 4.69) is 25.8 Å². The molecule has 4 aliphatic rings. The molecule has 4 aliphatic carbocycles. The first-order valence-electron chi connectivity index (χ1n) is 14.0. The number of allylic oxidation sites excluding steroid dienone is 1. The molecule has 8 nitrogen and oxygen atoms in total. The molecule has 1 heterocycles. The molecule has 208 valence electrons. The predicted octanol–water partition coefficient (Wildman–Crippen LogP) is 2.65. The maximum absolute atomic E-state index is 13.4. The highest BCUT2D eigenvalue weighted by atomic mass is 16.5. The van der Waals surface area contributed by atoms with Crippen molar-refractivity contribution in [3.63, 3.8) is 0 Å². The van der Waals surface area contributed by atoms with Gasteiger partial charge in [-0.15, -0.1) is 0 Å². The summed E-state index contributed by atoms with van der Waals surface area (Å²) in [7, 11) is 1.52. The van der Waals surface area contributed by atoms with E-state index in [-0.39, 0.29) is 48.5 Å². The number of carbonyl (C=O) groups is 2. The molecule has 0 radical (unpaired) electrons. The molecule has 3 fully saturated rings. The van der Waals surface area contributed by atoms with Gasteiger partial charge in [-0.2, -0.15) is 0 Å². The number of hydrogen-bond donors (Lipinski definition) is 3. The highest BCUT2D eigenvalue weighted by Crippen LogP contribution is 2.67. The van der Waals surface area contributed by atoms with Crippen molar-refractivity contribution in [1.82, 2.24) is 9.88 Å². The fourth-order valence-electron chi connectivity index (χ4n) is 8.76. The van der Waals surface area contributed by atoms with Crippen molar-refractivity contribution in [3.05, 3.63) is 41.7 Å². The molecule has 9 atom stereocenters. The zero-order valence-corrected chi connectivity index (χ0v) is 23.0. The van der Waals surface area contributed by atoms with Crippen molar-refractivity contribution in [2.75, 3.05) is 13.7 Å². The van der Waals surface area contributed by atoms with Crippen LogP contribution in [0.25, 0.3) is 0 Å². The number of aliphatic hydroxyl groups excluding tert-OH is 2. The average Bonchev–Trinajstić information content (AvgIpc) is 3.16. The van der Waals surface area contributed by atoms with Crippen LogP contribution in [0.2, 0.25) is 0 Å². The third kappa shape index (κ3) is 4.07. The first-order valence-corrected chi connectivity index (χ1v) is 14.0. The average molecular weight is 527 g/mol. The number of aromatic nitrogens is 1. The zero-order chi connectivity index (χ0) is 27.5. The van der Waals surface area contributed by atoms with E-state index in [0.29, 0.717) is 19.4 Å². The molecule has 1 amide bonds. The van der Waals surface area contributed by atoms with Gasteiger partial charge < -0.3 is 25.0 Å². The SMILES string of the molecule is COCC(=O)N(Cc1cccnc1)C(C)C1CCC2(O)C3=CC(=O)C4CC(O)C(O)CC4(C)C3CCC12C. The van der Waals surface area contributed by atoms with Crippen LogP contribution in [0.1, 0.15) is 64.9 Å². The number of fused-ring (bicyclic) bond motifs is 5. The van der Waals surface area contributed by atoms with E-state index in [1.807, 2.05) is 17.0 Å². The lowest BCUT2D eigenvalue weighted by atomic mass is 9.46. The largest absolute Gasteiger partial charge is 0.390 e. The van der Waals surface area contributed by atoms with E-state index in [1.165, 1.54) is 7.11 Å². The minimum Gasteiger partial charge on any atom is -0.390 e. The van der Waals surface area contributed by atoms with E-state index in [4.69, 9.17) is 4.74 Å². The van der Waals surface area contributed by atoms with Crippen LogP contribution >= 0.6 is 0 Å². The van der Waals surface area contributed by atoms with Crippen LogP contribution in [0.5, 0.6) is 0 Å². The number of hydrogen-bond acceptors (Lipinski definition) is 7. The first kappa shape index (κ1) is 27.4.